The Morgan fingerprint density at radius 3 is 2.59 bits per heavy atom. The molecule has 0 fully saturated rings. The number of hydrogen-bond acceptors (Lipinski definition) is 4. The molecule has 0 saturated carbocycles. The van der Waals surface area contributed by atoms with Crippen molar-refractivity contribution in [1.82, 2.24) is 0 Å². The molecule has 6 heteroatoms. The highest BCUT2D eigenvalue weighted by molar-refractivity contribution is 7.93. The van der Waals surface area contributed by atoms with Crippen LogP contribution in [-0.4, -0.2) is 29.9 Å². The topological polar surface area (TPSA) is 77.2 Å². The number of anilines is 1. The van der Waals surface area contributed by atoms with Gasteiger partial charge in [-0.15, -0.1) is 0 Å². The van der Waals surface area contributed by atoms with Crippen molar-refractivity contribution in [2.45, 2.75) is 18.2 Å². The van der Waals surface area contributed by atoms with Crippen LogP contribution in [-0.2, 0) is 20.6 Å². The molecule has 0 aliphatic heterocycles. The molecule has 1 atom stereocenters. The Labute approximate surface area is 105 Å². The molecule has 0 radical (unpaired) electrons. The molecule has 0 bridgehead atoms. The summed E-state index contributed by atoms with van der Waals surface area (Å²) < 4.78 is 34.8. The molecule has 17 heavy (non-hydrogen) atoms. The number of rotatable bonds is 6. The number of sulfone groups is 1. The van der Waals surface area contributed by atoms with E-state index in [0.717, 1.165) is 0 Å². The second kappa shape index (κ2) is 6.16. The quantitative estimate of drug-likeness (QED) is 0.791. The van der Waals surface area contributed by atoms with Crippen LogP contribution in [0.1, 0.15) is 13.3 Å². The predicted octanol–water partition coefficient (Wildman–Crippen LogP) is 1.20. The number of nitrogens with two attached hydrogens (primary N) is 1. The van der Waals surface area contributed by atoms with E-state index in [9.17, 15) is 12.6 Å². The van der Waals surface area contributed by atoms with Gasteiger partial charge in [0.05, 0.1) is 16.6 Å². The maximum absolute atomic E-state index is 11.8. The summed E-state index contributed by atoms with van der Waals surface area (Å²) in [5.74, 6) is 0.245. The largest absolute Gasteiger partial charge is 0.399 e. The average Bonchev–Trinajstić information content (AvgIpc) is 2.26. The van der Waals surface area contributed by atoms with Crippen LogP contribution in [0.2, 0.25) is 0 Å². The van der Waals surface area contributed by atoms with Crippen molar-refractivity contribution in [3.63, 3.8) is 0 Å². The summed E-state index contributed by atoms with van der Waals surface area (Å²) in [6.45, 7) is 1.81. The van der Waals surface area contributed by atoms with Crippen LogP contribution >= 0.6 is 0 Å². The molecule has 0 amide bonds. The fraction of sp³-hybridized carbons (Fsp3) is 0.455. The van der Waals surface area contributed by atoms with Gasteiger partial charge in [0.2, 0.25) is 0 Å². The molecular formula is C11H17NO3S2. The second-order valence-corrected chi connectivity index (χ2v) is 7.65. The Kier molecular flexibility index (Phi) is 5.14. The van der Waals surface area contributed by atoms with Gasteiger partial charge in [0, 0.05) is 22.1 Å². The lowest BCUT2D eigenvalue weighted by atomic mass is 10.3. The summed E-state index contributed by atoms with van der Waals surface area (Å²) >= 11 is 0. The van der Waals surface area contributed by atoms with E-state index >= 15 is 0 Å². The fourth-order valence-corrected chi connectivity index (χ4v) is 4.57. The summed E-state index contributed by atoms with van der Waals surface area (Å²) in [5, 5.41) is 0. The normalized spacial score (nSPS) is 13.5. The van der Waals surface area contributed by atoms with Gasteiger partial charge in [-0.25, -0.2) is 8.42 Å². The number of benzene rings is 1. The molecule has 2 N–H and O–H groups in total. The minimum absolute atomic E-state index is 0.0394. The second-order valence-electron chi connectivity index (χ2n) is 3.77. The van der Waals surface area contributed by atoms with E-state index in [2.05, 4.69) is 0 Å². The van der Waals surface area contributed by atoms with Gasteiger partial charge in [0.1, 0.15) is 0 Å². The summed E-state index contributed by atoms with van der Waals surface area (Å²) in [7, 11) is -4.37. The van der Waals surface area contributed by atoms with Gasteiger partial charge >= 0.3 is 0 Å². The highest BCUT2D eigenvalue weighted by Crippen LogP contribution is 2.11. The van der Waals surface area contributed by atoms with Crippen LogP contribution in [0.15, 0.2) is 29.2 Å². The number of nitrogen functional groups attached to an aromatic ring is 1. The Morgan fingerprint density at radius 1 is 1.29 bits per heavy atom. The van der Waals surface area contributed by atoms with Gasteiger partial charge in [-0.3, -0.25) is 4.21 Å². The lowest BCUT2D eigenvalue weighted by Crippen LogP contribution is -2.16. The van der Waals surface area contributed by atoms with Crippen molar-refractivity contribution in [3.8, 4) is 0 Å². The average molecular weight is 275 g/mol. The molecule has 0 aromatic heterocycles. The van der Waals surface area contributed by atoms with Gasteiger partial charge < -0.3 is 5.73 Å². The van der Waals surface area contributed by atoms with E-state index in [1.54, 1.807) is 24.3 Å². The van der Waals surface area contributed by atoms with Crippen LogP contribution in [0, 0.1) is 0 Å². The predicted molar refractivity (Wildman–Crippen MR) is 71.1 cm³/mol. The number of hydrogen-bond donors (Lipinski definition) is 1. The third kappa shape index (κ3) is 4.87. The zero-order valence-corrected chi connectivity index (χ0v) is 11.4. The summed E-state index contributed by atoms with van der Waals surface area (Å²) in [6, 6.07) is 6.72. The molecule has 0 saturated heterocycles. The Balaban J connectivity index is 2.62. The minimum atomic E-state index is -3.07. The highest BCUT2D eigenvalue weighted by Gasteiger charge is 2.12. The fourth-order valence-electron chi connectivity index (χ4n) is 1.39. The maximum Gasteiger partial charge on any atom is 0.151 e. The van der Waals surface area contributed by atoms with Crippen LogP contribution in [0.25, 0.3) is 0 Å². The first-order chi connectivity index (χ1) is 7.94. The smallest absolute Gasteiger partial charge is 0.151 e. The Morgan fingerprint density at radius 2 is 2.00 bits per heavy atom. The lowest BCUT2D eigenvalue weighted by molar-refractivity contribution is 0.595. The van der Waals surface area contributed by atoms with Crippen molar-refractivity contribution < 1.29 is 12.6 Å². The van der Waals surface area contributed by atoms with E-state index in [1.165, 1.54) is 0 Å². The molecule has 0 heterocycles. The molecule has 0 spiro atoms. The molecule has 1 aromatic rings. The summed E-state index contributed by atoms with van der Waals surface area (Å²) in [4.78, 5) is 0.580. The van der Waals surface area contributed by atoms with Crippen LogP contribution in [0.3, 0.4) is 0 Å². The molecular weight excluding hydrogens is 258 g/mol. The molecule has 0 aliphatic carbocycles. The maximum atomic E-state index is 11.8. The van der Waals surface area contributed by atoms with E-state index < -0.39 is 20.6 Å². The van der Waals surface area contributed by atoms with E-state index in [4.69, 9.17) is 5.73 Å². The summed E-state index contributed by atoms with van der Waals surface area (Å²) in [5.41, 5.74) is 6.11. The van der Waals surface area contributed by atoms with Crippen molar-refractivity contribution >= 4 is 26.3 Å². The van der Waals surface area contributed by atoms with Gasteiger partial charge in [-0.05, 0) is 24.6 Å². The van der Waals surface area contributed by atoms with Gasteiger partial charge in [-0.1, -0.05) is 13.0 Å². The first-order valence-electron chi connectivity index (χ1n) is 5.39. The van der Waals surface area contributed by atoms with Crippen molar-refractivity contribution in [2.24, 2.45) is 0 Å². The van der Waals surface area contributed by atoms with Crippen LogP contribution in [0.5, 0.6) is 0 Å². The van der Waals surface area contributed by atoms with Gasteiger partial charge in [0.25, 0.3) is 0 Å². The standard InChI is InChI=1S/C11H17NO3S2/c1-2-7-17(14,15)8-6-16(13)11-5-3-4-10(12)9-11/h3-5,9H,2,6-8,12H2,1H3. The van der Waals surface area contributed by atoms with Crippen LogP contribution < -0.4 is 5.73 Å². The SMILES string of the molecule is CCCS(=O)(=O)CCS(=O)c1cccc(N)c1. The molecule has 1 aromatic carbocycles. The Bertz CT molecular complexity index is 497. The van der Waals surface area contributed by atoms with E-state index in [1.807, 2.05) is 6.92 Å². The minimum Gasteiger partial charge on any atom is -0.399 e. The molecule has 1 unspecified atom stereocenters. The third-order valence-electron chi connectivity index (χ3n) is 2.22. The van der Waals surface area contributed by atoms with Crippen molar-refractivity contribution in [3.05, 3.63) is 24.3 Å². The molecule has 96 valence electrons. The highest BCUT2D eigenvalue weighted by atomic mass is 32.2. The first kappa shape index (κ1) is 14.2. The summed E-state index contributed by atoms with van der Waals surface area (Å²) in [6.07, 6.45) is 0.591. The van der Waals surface area contributed by atoms with Crippen LogP contribution in [0.4, 0.5) is 5.69 Å². The molecule has 4 nitrogen and oxygen atoms in total. The van der Waals surface area contributed by atoms with Crippen molar-refractivity contribution in [1.29, 1.82) is 0 Å². The van der Waals surface area contributed by atoms with E-state index in [0.29, 0.717) is 17.0 Å². The van der Waals surface area contributed by atoms with E-state index in [-0.39, 0.29) is 17.3 Å². The first-order valence-corrected chi connectivity index (χ1v) is 8.53. The lowest BCUT2D eigenvalue weighted by Gasteiger charge is -2.04. The van der Waals surface area contributed by atoms with Gasteiger partial charge in [-0.2, -0.15) is 0 Å². The third-order valence-corrected chi connectivity index (χ3v) is 5.69. The Hall–Kier alpha value is -0.880. The molecule has 1 rings (SSSR count). The molecule has 0 aliphatic rings. The monoisotopic (exact) mass is 275 g/mol. The van der Waals surface area contributed by atoms with Gasteiger partial charge in [0.15, 0.2) is 9.84 Å². The van der Waals surface area contributed by atoms with Crippen molar-refractivity contribution in [2.75, 3.05) is 23.0 Å². The zero-order valence-electron chi connectivity index (χ0n) is 9.76. The zero-order chi connectivity index (χ0) is 12.9.